The van der Waals surface area contributed by atoms with E-state index in [1.54, 1.807) is 12.1 Å². The number of carbonyl (C=O) groups excluding carboxylic acids is 1. The maximum atomic E-state index is 13.7. The predicted molar refractivity (Wildman–Crippen MR) is 108 cm³/mol. The van der Waals surface area contributed by atoms with Gasteiger partial charge in [-0.05, 0) is 56.6 Å². The van der Waals surface area contributed by atoms with Crippen LogP contribution in [0.1, 0.15) is 47.4 Å². The van der Waals surface area contributed by atoms with Crippen LogP contribution in [0.3, 0.4) is 0 Å². The summed E-state index contributed by atoms with van der Waals surface area (Å²) in [6.07, 6.45) is 4.72. The van der Waals surface area contributed by atoms with Gasteiger partial charge in [-0.3, -0.25) is 14.4 Å². The van der Waals surface area contributed by atoms with E-state index in [1.807, 2.05) is 22.8 Å². The summed E-state index contributed by atoms with van der Waals surface area (Å²) >= 11 is 0. The first-order valence-electron chi connectivity index (χ1n) is 9.75. The summed E-state index contributed by atoms with van der Waals surface area (Å²) in [5, 5.41) is 10.8. The highest BCUT2D eigenvalue weighted by Gasteiger charge is 2.35. The maximum absolute atomic E-state index is 13.7. The number of piperidine rings is 1. The molecule has 1 amide bonds. The van der Waals surface area contributed by atoms with E-state index < -0.39 is 11.6 Å². The molecule has 2 aliphatic rings. The third-order valence-electron chi connectivity index (χ3n) is 5.74. The summed E-state index contributed by atoms with van der Waals surface area (Å²) in [6, 6.07) is 5.53. The number of benzene rings is 1. The van der Waals surface area contributed by atoms with Crippen LogP contribution in [0.25, 0.3) is 0 Å². The van der Waals surface area contributed by atoms with Gasteiger partial charge in [0.1, 0.15) is 5.69 Å². The first-order chi connectivity index (χ1) is 13.5. The van der Waals surface area contributed by atoms with Crippen LogP contribution in [0.2, 0.25) is 0 Å². The second-order valence-electron chi connectivity index (χ2n) is 7.65. The number of carbonyl (C=O) groups is 1. The van der Waals surface area contributed by atoms with Gasteiger partial charge in [0.25, 0.3) is 5.91 Å². The number of amides is 1. The molecule has 3 heterocycles. The number of hydrogen-bond donors (Lipinski definition) is 2. The van der Waals surface area contributed by atoms with Gasteiger partial charge in [-0.2, -0.15) is 5.10 Å². The predicted octanol–water partition coefficient (Wildman–Crippen LogP) is 2.68. The molecule has 3 atom stereocenters. The van der Waals surface area contributed by atoms with Gasteiger partial charge in [0, 0.05) is 19.3 Å². The highest BCUT2D eigenvalue weighted by molar-refractivity contribution is 5.92. The molecule has 29 heavy (non-hydrogen) atoms. The van der Waals surface area contributed by atoms with E-state index >= 15 is 0 Å². The van der Waals surface area contributed by atoms with Gasteiger partial charge in [0.15, 0.2) is 11.6 Å². The zero-order valence-electron chi connectivity index (χ0n) is 16.3. The molecular weight excluding hydrogens is 400 g/mol. The highest BCUT2D eigenvalue weighted by atomic mass is 35.5. The van der Waals surface area contributed by atoms with Crippen LogP contribution < -0.4 is 10.6 Å². The van der Waals surface area contributed by atoms with E-state index in [2.05, 4.69) is 15.7 Å². The SMILES string of the molecule is CN1CCC(NC(=O)c2ccn(C3CCCNC3)n2)C1c1ccc(F)c(F)c1.Cl. The van der Waals surface area contributed by atoms with Crippen molar-refractivity contribution in [3.8, 4) is 0 Å². The Balaban J connectivity index is 0.00000240. The number of halogens is 3. The van der Waals surface area contributed by atoms with E-state index in [0.717, 1.165) is 45.0 Å². The van der Waals surface area contributed by atoms with Crippen LogP contribution in [0.4, 0.5) is 8.78 Å². The van der Waals surface area contributed by atoms with Crippen molar-refractivity contribution in [3.63, 3.8) is 0 Å². The molecule has 0 aliphatic carbocycles. The Hall–Kier alpha value is -2.03. The van der Waals surface area contributed by atoms with E-state index in [-0.39, 0.29) is 36.4 Å². The van der Waals surface area contributed by atoms with Crippen molar-refractivity contribution in [1.82, 2.24) is 25.3 Å². The number of aromatic nitrogens is 2. The Bertz CT molecular complexity index is 855. The highest BCUT2D eigenvalue weighted by Crippen LogP contribution is 2.32. The summed E-state index contributed by atoms with van der Waals surface area (Å²) in [5.74, 6) is -1.98. The lowest BCUT2D eigenvalue weighted by Gasteiger charge is -2.26. The van der Waals surface area contributed by atoms with Crippen molar-refractivity contribution < 1.29 is 13.6 Å². The van der Waals surface area contributed by atoms with E-state index in [0.29, 0.717) is 11.3 Å². The molecule has 9 heteroatoms. The van der Waals surface area contributed by atoms with Crippen LogP contribution in [0.15, 0.2) is 30.5 Å². The largest absolute Gasteiger partial charge is 0.346 e. The van der Waals surface area contributed by atoms with Crippen molar-refractivity contribution in [1.29, 1.82) is 0 Å². The fourth-order valence-electron chi connectivity index (χ4n) is 4.25. The Morgan fingerprint density at radius 2 is 2.07 bits per heavy atom. The molecule has 158 valence electrons. The topological polar surface area (TPSA) is 62.2 Å². The first-order valence-corrected chi connectivity index (χ1v) is 9.75. The van der Waals surface area contributed by atoms with E-state index in [4.69, 9.17) is 0 Å². The number of likely N-dealkylation sites (tertiary alicyclic amines) is 1. The Morgan fingerprint density at radius 1 is 1.24 bits per heavy atom. The minimum absolute atomic E-state index is 0. The molecule has 0 spiro atoms. The Kier molecular flexibility index (Phi) is 6.87. The summed E-state index contributed by atoms with van der Waals surface area (Å²) in [5.41, 5.74) is 1.03. The van der Waals surface area contributed by atoms with E-state index in [9.17, 15) is 13.6 Å². The number of likely N-dealkylation sites (N-methyl/N-ethyl adjacent to an activating group) is 1. The van der Waals surface area contributed by atoms with Crippen LogP contribution >= 0.6 is 12.4 Å². The molecule has 2 saturated heterocycles. The lowest BCUT2D eigenvalue weighted by molar-refractivity contribution is 0.0921. The first kappa shape index (κ1) is 21.7. The van der Waals surface area contributed by atoms with Gasteiger partial charge in [-0.15, -0.1) is 12.4 Å². The third kappa shape index (κ3) is 4.60. The van der Waals surface area contributed by atoms with Gasteiger partial charge in [-0.1, -0.05) is 6.07 Å². The molecule has 0 bridgehead atoms. The molecule has 2 aliphatic heterocycles. The smallest absolute Gasteiger partial charge is 0.272 e. The molecular formula is C20H26ClF2N5O. The van der Waals surface area contributed by atoms with Crippen LogP contribution in [-0.4, -0.2) is 53.3 Å². The molecule has 1 aromatic heterocycles. The molecule has 1 aromatic carbocycles. The van der Waals surface area contributed by atoms with Crippen molar-refractivity contribution in [3.05, 3.63) is 53.4 Å². The number of rotatable bonds is 4. The van der Waals surface area contributed by atoms with Crippen molar-refractivity contribution >= 4 is 18.3 Å². The fourth-order valence-corrected chi connectivity index (χ4v) is 4.25. The normalized spacial score (nSPS) is 24.9. The van der Waals surface area contributed by atoms with Crippen molar-refractivity contribution in [2.45, 2.75) is 37.4 Å². The van der Waals surface area contributed by atoms with Gasteiger partial charge in [-0.25, -0.2) is 8.78 Å². The second-order valence-corrected chi connectivity index (χ2v) is 7.65. The quantitative estimate of drug-likeness (QED) is 0.790. The zero-order chi connectivity index (χ0) is 19.7. The molecule has 2 N–H and O–H groups in total. The maximum Gasteiger partial charge on any atom is 0.272 e. The lowest BCUT2D eigenvalue weighted by Crippen LogP contribution is -2.39. The number of hydrogen-bond acceptors (Lipinski definition) is 4. The molecule has 6 nitrogen and oxygen atoms in total. The molecule has 4 rings (SSSR count). The average Bonchev–Trinajstić information content (AvgIpc) is 3.32. The monoisotopic (exact) mass is 425 g/mol. The van der Waals surface area contributed by atoms with Crippen LogP contribution in [0, 0.1) is 11.6 Å². The summed E-state index contributed by atoms with van der Waals surface area (Å²) in [4.78, 5) is 14.8. The van der Waals surface area contributed by atoms with Crippen LogP contribution in [-0.2, 0) is 0 Å². The average molecular weight is 426 g/mol. The minimum atomic E-state index is -0.872. The molecule has 0 radical (unpaired) electrons. The van der Waals surface area contributed by atoms with Gasteiger partial charge >= 0.3 is 0 Å². The minimum Gasteiger partial charge on any atom is -0.346 e. The van der Waals surface area contributed by atoms with Crippen molar-refractivity contribution in [2.75, 3.05) is 26.7 Å². The fraction of sp³-hybridized carbons (Fsp3) is 0.500. The van der Waals surface area contributed by atoms with Gasteiger partial charge in [0.2, 0.25) is 0 Å². The van der Waals surface area contributed by atoms with E-state index in [1.165, 1.54) is 6.07 Å². The molecule has 2 aromatic rings. The number of nitrogens with zero attached hydrogens (tertiary/aromatic N) is 3. The molecule has 3 unspecified atom stereocenters. The van der Waals surface area contributed by atoms with Gasteiger partial charge in [0.05, 0.1) is 18.1 Å². The Morgan fingerprint density at radius 3 is 2.79 bits per heavy atom. The second kappa shape index (κ2) is 9.19. The third-order valence-corrected chi connectivity index (χ3v) is 5.74. The molecule has 2 fully saturated rings. The lowest BCUT2D eigenvalue weighted by atomic mass is 9.99. The zero-order valence-corrected chi connectivity index (χ0v) is 17.1. The summed E-state index contributed by atoms with van der Waals surface area (Å²) < 4.78 is 28.8. The number of nitrogens with one attached hydrogen (secondary N) is 2. The van der Waals surface area contributed by atoms with Crippen LogP contribution in [0.5, 0.6) is 0 Å². The standard InChI is InChI=1S/C20H25F2N5O.ClH/c1-26-9-6-17(19(26)13-4-5-15(21)16(22)11-13)24-20(28)18-7-10-27(25-18)14-3-2-8-23-12-14;/h4-5,7,10-11,14,17,19,23H,2-3,6,8-9,12H2,1H3,(H,24,28);1H. The Labute approximate surface area is 175 Å². The van der Waals surface area contributed by atoms with Crippen molar-refractivity contribution in [2.24, 2.45) is 0 Å². The summed E-state index contributed by atoms with van der Waals surface area (Å²) in [6.45, 7) is 2.64. The van der Waals surface area contributed by atoms with Gasteiger partial charge < -0.3 is 10.6 Å². The molecule has 0 saturated carbocycles. The summed E-state index contributed by atoms with van der Waals surface area (Å²) in [7, 11) is 1.92.